The molecule has 0 unspecified atom stereocenters. The van der Waals surface area contributed by atoms with Gasteiger partial charge in [0.25, 0.3) is 0 Å². The van der Waals surface area contributed by atoms with E-state index in [4.69, 9.17) is 10.8 Å². The maximum Gasteiger partial charge on any atom is 0.349 e. The molecule has 16 heavy (non-hydrogen) atoms. The number of anilines is 1. The molecular weight excluding hydrogens is 210 g/mol. The van der Waals surface area contributed by atoms with E-state index in [9.17, 15) is 9.90 Å². The van der Waals surface area contributed by atoms with Gasteiger partial charge in [-0.3, -0.25) is 4.57 Å². The Hall–Kier alpha value is -1.40. The lowest BCUT2D eigenvalue weighted by Gasteiger charge is -2.12. The predicted octanol–water partition coefficient (Wildman–Crippen LogP) is -0.870. The first-order chi connectivity index (χ1) is 7.61. The van der Waals surface area contributed by atoms with Crippen molar-refractivity contribution in [3.8, 4) is 0 Å². The number of aromatic nitrogens is 2. The van der Waals surface area contributed by atoms with Crippen LogP contribution >= 0.6 is 0 Å². The SMILES string of the molecule is Nc1ccn([C@@H]2C[C@H](CO)[C@H](O)C2)c(=O)n1. The highest BCUT2D eigenvalue weighted by Crippen LogP contribution is 2.33. The third kappa shape index (κ3) is 1.94. The summed E-state index contributed by atoms with van der Waals surface area (Å²) in [4.78, 5) is 15.2. The van der Waals surface area contributed by atoms with Gasteiger partial charge < -0.3 is 15.9 Å². The molecule has 4 N–H and O–H groups in total. The zero-order chi connectivity index (χ0) is 11.7. The van der Waals surface area contributed by atoms with Gasteiger partial charge in [0.05, 0.1) is 6.10 Å². The molecule has 2 rings (SSSR count). The maximum absolute atomic E-state index is 11.6. The summed E-state index contributed by atoms with van der Waals surface area (Å²) in [5.74, 6) is 0.0351. The molecule has 0 amide bonds. The molecule has 0 saturated heterocycles. The molecule has 0 bridgehead atoms. The van der Waals surface area contributed by atoms with E-state index in [2.05, 4.69) is 4.98 Å². The van der Waals surface area contributed by atoms with E-state index in [1.165, 1.54) is 4.57 Å². The van der Waals surface area contributed by atoms with Crippen molar-refractivity contribution in [3.05, 3.63) is 22.7 Å². The topological polar surface area (TPSA) is 101 Å². The highest BCUT2D eigenvalue weighted by atomic mass is 16.3. The molecule has 1 aliphatic rings. The number of aliphatic hydroxyl groups excluding tert-OH is 2. The number of aliphatic hydroxyl groups is 2. The van der Waals surface area contributed by atoms with Crippen LogP contribution in [0.5, 0.6) is 0 Å². The van der Waals surface area contributed by atoms with Crippen molar-refractivity contribution in [2.45, 2.75) is 25.0 Å². The van der Waals surface area contributed by atoms with Gasteiger partial charge in [-0.25, -0.2) is 4.79 Å². The van der Waals surface area contributed by atoms with Gasteiger partial charge in [-0.1, -0.05) is 0 Å². The van der Waals surface area contributed by atoms with E-state index >= 15 is 0 Å². The van der Waals surface area contributed by atoms with Crippen LogP contribution in [0.4, 0.5) is 5.82 Å². The lowest BCUT2D eigenvalue weighted by molar-refractivity contribution is 0.0906. The molecule has 1 aromatic rings. The van der Waals surface area contributed by atoms with E-state index in [-0.39, 0.29) is 24.4 Å². The quantitative estimate of drug-likeness (QED) is 0.607. The van der Waals surface area contributed by atoms with Crippen LogP contribution in [-0.4, -0.2) is 32.5 Å². The lowest BCUT2D eigenvalue weighted by atomic mass is 10.1. The lowest BCUT2D eigenvalue weighted by Crippen LogP contribution is -2.26. The standard InChI is InChI=1S/C10H15N3O3/c11-9-1-2-13(10(16)12-9)7-3-6(5-14)8(15)4-7/h1-2,6-8,14-15H,3-5H2,(H2,11,12,16)/t6-,7-,8-/m1/s1. The average Bonchev–Trinajstić information content (AvgIpc) is 2.59. The molecular formula is C10H15N3O3. The summed E-state index contributed by atoms with van der Waals surface area (Å²) in [6.45, 7) is -0.0607. The minimum Gasteiger partial charge on any atom is -0.396 e. The molecule has 1 aromatic heterocycles. The van der Waals surface area contributed by atoms with Crippen LogP contribution in [0, 0.1) is 5.92 Å². The summed E-state index contributed by atoms with van der Waals surface area (Å²) < 4.78 is 1.47. The second kappa shape index (κ2) is 4.23. The summed E-state index contributed by atoms with van der Waals surface area (Å²) in [7, 11) is 0. The minimum absolute atomic E-state index is 0.0607. The number of nitrogens with two attached hydrogens (primary N) is 1. The highest BCUT2D eigenvalue weighted by Gasteiger charge is 2.33. The Balaban J connectivity index is 2.23. The molecule has 0 spiro atoms. The van der Waals surface area contributed by atoms with Crippen molar-refractivity contribution in [3.63, 3.8) is 0 Å². The van der Waals surface area contributed by atoms with E-state index in [0.29, 0.717) is 12.8 Å². The van der Waals surface area contributed by atoms with Crippen molar-refractivity contribution in [2.75, 3.05) is 12.3 Å². The molecule has 0 aromatic carbocycles. The van der Waals surface area contributed by atoms with Crippen LogP contribution in [0.25, 0.3) is 0 Å². The zero-order valence-electron chi connectivity index (χ0n) is 8.78. The van der Waals surface area contributed by atoms with Gasteiger partial charge in [-0.2, -0.15) is 4.98 Å². The van der Waals surface area contributed by atoms with Crippen molar-refractivity contribution < 1.29 is 10.2 Å². The van der Waals surface area contributed by atoms with Crippen LogP contribution in [0.3, 0.4) is 0 Å². The van der Waals surface area contributed by atoms with E-state index in [1.54, 1.807) is 12.3 Å². The van der Waals surface area contributed by atoms with Crippen molar-refractivity contribution in [1.82, 2.24) is 9.55 Å². The van der Waals surface area contributed by atoms with Gasteiger partial charge in [0.15, 0.2) is 0 Å². The third-order valence-electron chi connectivity index (χ3n) is 3.11. The number of nitrogen functional groups attached to an aromatic ring is 1. The Bertz CT molecular complexity index is 432. The minimum atomic E-state index is -0.556. The maximum atomic E-state index is 11.6. The summed E-state index contributed by atoms with van der Waals surface area (Å²) >= 11 is 0. The molecule has 3 atom stereocenters. The Morgan fingerprint density at radius 2 is 2.31 bits per heavy atom. The number of hydrogen-bond donors (Lipinski definition) is 3. The Labute approximate surface area is 92.4 Å². The second-order valence-electron chi connectivity index (χ2n) is 4.18. The highest BCUT2D eigenvalue weighted by molar-refractivity contribution is 5.23. The summed E-state index contributed by atoms with van der Waals surface area (Å²) in [6, 6.07) is 1.45. The van der Waals surface area contributed by atoms with Crippen molar-refractivity contribution in [2.24, 2.45) is 5.92 Å². The molecule has 1 heterocycles. The first kappa shape index (κ1) is 11.1. The molecule has 6 nitrogen and oxygen atoms in total. The van der Waals surface area contributed by atoms with Crippen LogP contribution in [-0.2, 0) is 0 Å². The van der Waals surface area contributed by atoms with Crippen LogP contribution in [0.15, 0.2) is 17.1 Å². The van der Waals surface area contributed by atoms with Crippen LogP contribution in [0.2, 0.25) is 0 Å². The fraction of sp³-hybridized carbons (Fsp3) is 0.600. The second-order valence-corrected chi connectivity index (χ2v) is 4.18. The fourth-order valence-corrected chi connectivity index (χ4v) is 2.20. The summed E-state index contributed by atoms with van der Waals surface area (Å²) in [6.07, 6.45) is 2.08. The Kier molecular flexibility index (Phi) is 2.93. The molecule has 6 heteroatoms. The van der Waals surface area contributed by atoms with Gasteiger partial charge >= 0.3 is 5.69 Å². The Morgan fingerprint density at radius 3 is 2.88 bits per heavy atom. The van der Waals surface area contributed by atoms with Gasteiger partial charge in [-0.15, -0.1) is 0 Å². The van der Waals surface area contributed by atoms with E-state index in [1.807, 2.05) is 0 Å². The van der Waals surface area contributed by atoms with E-state index < -0.39 is 11.8 Å². The molecule has 88 valence electrons. The normalized spacial score (nSPS) is 29.5. The van der Waals surface area contributed by atoms with Gasteiger partial charge in [0.1, 0.15) is 5.82 Å². The number of nitrogens with zero attached hydrogens (tertiary/aromatic N) is 2. The molecule has 1 saturated carbocycles. The van der Waals surface area contributed by atoms with Gasteiger partial charge in [0.2, 0.25) is 0 Å². The van der Waals surface area contributed by atoms with E-state index in [0.717, 1.165) is 0 Å². The van der Waals surface area contributed by atoms with Gasteiger partial charge in [-0.05, 0) is 18.9 Å². The summed E-state index contributed by atoms with van der Waals surface area (Å²) in [5.41, 5.74) is 4.99. The smallest absolute Gasteiger partial charge is 0.349 e. The van der Waals surface area contributed by atoms with Gasteiger partial charge in [0, 0.05) is 24.8 Å². The molecule has 1 fully saturated rings. The van der Waals surface area contributed by atoms with Crippen molar-refractivity contribution >= 4 is 5.82 Å². The largest absolute Gasteiger partial charge is 0.396 e. The summed E-state index contributed by atoms with van der Waals surface area (Å²) in [5, 5.41) is 18.7. The fourth-order valence-electron chi connectivity index (χ4n) is 2.20. The van der Waals surface area contributed by atoms with Crippen LogP contribution < -0.4 is 11.4 Å². The van der Waals surface area contributed by atoms with Crippen LogP contribution in [0.1, 0.15) is 18.9 Å². The first-order valence-corrected chi connectivity index (χ1v) is 5.25. The first-order valence-electron chi connectivity index (χ1n) is 5.25. The van der Waals surface area contributed by atoms with Crippen molar-refractivity contribution in [1.29, 1.82) is 0 Å². The number of hydrogen-bond acceptors (Lipinski definition) is 5. The zero-order valence-corrected chi connectivity index (χ0v) is 8.78. The molecule has 0 aliphatic heterocycles. The molecule has 0 radical (unpaired) electrons. The third-order valence-corrected chi connectivity index (χ3v) is 3.11. The predicted molar refractivity (Wildman–Crippen MR) is 57.8 cm³/mol. The molecule has 1 aliphatic carbocycles. The number of rotatable bonds is 2. The average molecular weight is 225 g/mol. The monoisotopic (exact) mass is 225 g/mol. The Morgan fingerprint density at radius 1 is 1.56 bits per heavy atom.